The first-order valence-electron chi connectivity index (χ1n) is 9.86. The van der Waals surface area contributed by atoms with Crippen LogP contribution in [0.2, 0.25) is 0 Å². The van der Waals surface area contributed by atoms with E-state index in [2.05, 4.69) is 11.6 Å². The van der Waals surface area contributed by atoms with Crippen LogP contribution in [0.25, 0.3) is 0 Å². The molecule has 27 heavy (non-hydrogen) atoms. The summed E-state index contributed by atoms with van der Waals surface area (Å²) >= 11 is 0. The highest BCUT2D eigenvalue weighted by Crippen LogP contribution is 2.41. The number of carbonyl (C=O) groups excluding carboxylic acids is 2. The minimum absolute atomic E-state index is 0.0139. The Labute approximate surface area is 162 Å². The Hall–Kier alpha value is -2.17. The second kappa shape index (κ2) is 7.45. The van der Waals surface area contributed by atoms with Crippen molar-refractivity contribution in [2.45, 2.75) is 53.0 Å². The summed E-state index contributed by atoms with van der Waals surface area (Å²) in [5.74, 6) is 0.370. The summed E-state index contributed by atoms with van der Waals surface area (Å²) in [6, 6.07) is 3.92. The van der Waals surface area contributed by atoms with Crippen molar-refractivity contribution in [2.24, 2.45) is 10.8 Å². The number of carbonyl (C=O) groups is 2. The maximum absolute atomic E-state index is 13.1. The summed E-state index contributed by atoms with van der Waals surface area (Å²) in [4.78, 5) is 33.6. The number of rotatable bonds is 4. The molecule has 0 bridgehead atoms. The molecule has 0 aliphatic carbocycles. The van der Waals surface area contributed by atoms with Crippen LogP contribution in [0.15, 0.2) is 36.7 Å². The molecule has 0 radical (unpaired) electrons. The average molecular weight is 370 g/mol. The quantitative estimate of drug-likeness (QED) is 0.764. The smallest absolute Gasteiger partial charge is 0.232 e. The lowest BCUT2D eigenvalue weighted by atomic mass is 9.72. The van der Waals surface area contributed by atoms with Gasteiger partial charge in [0.25, 0.3) is 0 Å². The van der Waals surface area contributed by atoms with Crippen molar-refractivity contribution in [2.75, 3.05) is 19.6 Å². The van der Waals surface area contributed by atoms with Crippen LogP contribution in [0.1, 0.15) is 52.0 Å². The minimum Gasteiger partial charge on any atom is -0.341 e. The van der Waals surface area contributed by atoms with E-state index in [1.165, 1.54) is 0 Å². The van der Waals surface area contributed by atoms with E-state index in [0.29, 0.717) is 13.0 Å². The summed E-state index contributed by atoms with van der Waals surface area (Å²) < 4.78 is 0. The van der Waals surface area contributed by atoms with Crippen LogP contribution in [-0.4, -0.2) is 46.2 Å². The molecular formula is C22H31N3O2. The maximum atomic E-state index is 13.1. The number of amides is 2. The van der Waals surface area contributed by atoms with Crippen LogP contribution in [0.3, 0.4) is 0 Å². The van der Waals surface area contributed by atoms with E-state index in [9.17, 15) is 9.59 Å². The monoisotopic (exact) mass is 369 g/mol. The Balaban J connectivity index is 1.74. The molecule has 0 saturated carbocycles. The zero-order valence-electron chi connectivity index (χ0n) is 16.8. The third-order valence-electron chi connectivity index (χ3n) is 6.42. The molecule has 2 amide bonds. The van der Waals surface area contributed by atoms with Crippen molar-refractivity contribution in [3.8, 4) is 0 Å². The Morgan fingerprint density at radius 2 is 1.96 bits per heavy atom. The van der Waals surface area contributed by atoms with Gasteiger partial charge in [0, 0.05) is 50.4 Å². The first kappa shape index (κ1) is 19.6. The molecule has 0 aromatic carbocycles. The average Bonchev–Trinajstić information content (AvgIpc) is 2.65. The molecule has 1 atom stereocenters. The summed E-state index contributed by atoms with van der Waals surface area (Å²) in [6.45, 7) is 12.7. The molecule has 0 N–H and O–H groups in total. The fraction of sp³-hybridized carbons (Fsp3) is 0.591. The number of hydrogen-bond acceptors (Lipinski definition) is 3. The Bertz CT molecular complexity index is 728. The Kier molecular flexibility index (Phi) is 5.41. The number of nitrogens with zero attached hydrogens (tertiary/aromatic N) is 3. The highest BCUT2D eigenvalue weighted by atomic mass is 16.2. The second-order valence-electron chi connectivity index (χ2n) is 8.84. The van der Waals surface area contributed by atoms with E-state index in [1.54, 1.807) is 12.4 Å². The van der Waals surface area contributed by atoms with Crippen LogP contribution >= 0.6 is 0 Å². The van der Waals surface area contributed by atoms with Gasteiger partial charge < -0.3 is 9.80 Å². The van der Waals surface area contributed by atoms with Gasteiger partial charge in [0.15, 0.2) is 0 Å². The molecule has 3 heterocycles. The largest absolute Gasteiger partial charge is 0.341 e. The van der Waals surface area contributed by atoms with E-state index in [-0.39, 0.29) is 17.2 Å². The molecular weight excluding hydrogens is 338 g/mol. The summed E-state index contributed by atoms with van der Waals surface area (Å²) in [5, 5.41) is 0. The van der Waals surface area contributed by atoms with Crippen LogP contribution in [-0.2, 0) is 16.1 Å². The van der Waals surface area contributed by atoms with Gasteiger partial charge in [0.2, 0.25) is 11.8 Å². The Morgan fingerprint density at radius 1 is 1.26 bits per heavy atom. The fourth-order valence-electron chi connectivity index (χ4n) is 4.25. The van der Waals surface area contributed by atoms with E-state index in [1.807, 2.05) is 42.7 Å². The van der Waals surface area contributed by atoms with Crippen LogP contribution in [0.5, 0.6) is 0 Å². The SMILES string of the molecule is C=C(C)C(C)(C)C(=O)N1CCCC2(CCC(=O)N(Cc3ccncc3)C2)C1. The van der Waals surface area contributed by atoms with Crippen molar-refractivity contribution in [1.29, 1.82) is 0 Å². The lowest BCUT2D eigenvalue weighted by Crippen LogP contribution is -2.56. The van der Waals surface area contributed by atoms with Gasteiger partial charge in [-0.15, -0.1) is 0 Å². The molecule has 2 fully saturated rings. The van der Waals surface area contributed by atoms with Crippen molar-refractivity contribution in [3.05, 3.63) is 42.2 Å². The van der Waals surface area contributed by atoms with Gasteiger partial charge >= 0.3 is 0 Å². The molecule has 5 nitrogen and oxygen atoms in total. The number of pyridine rings is 1. The van der Waals surface area contributed by atoms with E-state index < -0.39 is 5.41 Å². The zero-order chi connectivity index (χ0) is 19.7. The van der Waals surface area contributed by atoms with Gasteiger partial charge in [0.05, 0.1) is 5.41 Å². The molecule has 2 aliphatic heterocycles. The van der Waals surface area contributed by atoms with E-state index >= 15 is 0 Å². The number of piperidine rings is 2. The molecule has 1 aromatic heterocycles. The fourth-order valence-corrected chi connectivity index (χ4v) is 4.25. The lowest BCUT2D eigenvalue weighted by Gasteiger charge is -2.49. The van der Waals surface area contributed by atoms with Gasteiger partial charge in [0.1, 0.15) is 0 Å². The molecule has 146 valence electrons. The van der Waals surface area contributed by atoms with E-state index in [4.69, 9.17) is 0 Å². The molecule has 1 spiro atoms. The number of likely N-dealkylation sites (tertiary alicyclic amines) is 2. The maximum Gasteiger partial charge on any atom is 0.232 e. The van der Waals surface area contributed by atoms with E-state index in [0.717, 1.165) is 50.0 Å². The van der Waals surface area contributed by atoms with Gasteiger partial charge in [-0.05, 0) is 57.7 Å². The predicted octanol–water partition coefficient (Wildman–Crippen LogP) is 3.42. The van der Waals surface area contributed by atoms with Gasteiger partial charge in [-0.2, -0.15) is 0 Å². The molecule has 1 aromatic rings. The number of hydrogen-bond donors (Lipinski definition) is 0. The third-order valence-corrected chi connectivity index (χ3v) is 6.42. The van der Waals surface area contributed by atoms with Crippen molar-refractivity contribution in [1.82, 2.24) is 14.8 Å². The summed E-state index contributed by atoms with van der Waals surface area (Å²) in [7, 11) is 0. The highest BCUT2D eigenvalue weighted by molar-refractivity contribution is 5.85. The molecule has 5 heteroatoms. The highest BCUT2D eigenvalue weighted by Gasteiger charge is 2.44. The van der Waals surface area contributed by atoms with Crippen molar-refractivity contribution >= 4 is 11.8 Å². The first-order valence-corrected chi connectivity index (χ1v) is 9.86. The van der Waals surface area contributed by atoms with Crippen LogP contribution in [0.4, 0.5) is 0 Å². The lowest BCUT2D eigenvalue weighted by molar-refractivity contribution is -0.147. The molecule has 2 saturated heterocycles. The van der Waals surface area contributed by atoms with Crippen LogP contribution in [0, 0.1) is 10.8 Å². The number of aromatic nitrogens is 1. The standard InChI is InChI=1S/C22H31N3O2/c1-17(2)21(3,4)20(27)24-13-5-9-22(15-24)10-6-19(26)25(16-22)14-18-7-11-23-12-8-18/h7-8,11-12H,1,5-6,9-10,13-16H2,2-4H3. The third kappa shape index (κ3) is 4.07. The van der Waals surface area contributed by atoms with Gasteiger partial charge in [-0.25, -0.2) is 0 Å². The van der Waals surface area contributed by atoms with Crippen LogP contribution < -0.4 is 0 Å². The van der Waals surface area contributed by atoms with Gasteiger partial charge in [-0.3, -0.25) is 14.6 Å². The summed E-state index contributed by atoms with van der Waals surface area (Å²) in [6.07, 6.45) is 7.03. The zero-order valence-corrected chi connectivity index (χ0v) is 16.8. The minimum atomic E-state index is -0.542. The molecule has 2 aliphatic rings. The summed E-state index contributed by atoms with van der Waals surface area (Å²) in [5.41, 5.74) is 1.47. The first-order chi connectivity index (χ1) is 12.7. The van der Waals surface area contributed by atoms with Crippen molar-refractivity contribution in [3.63, 3.8) is 0 Å². The van der Waals surface area contributed by atoms with Crippen molar-refractivity contribution < 1.29 is 9.59 Å². The second-order valence-corrected chi connectivity index (χ2v) is 8.84. The predicted molar refractivity (Wildman–Crippen MR) is 106 cm³/mol. The molecule has 3 rings (SSSR count). The normalized spacial score (nSPS) is 23.6. The van der Waals surface area contributed by atoms with Gasteiger partial charge in [-0.1, -0.05) is 12.2 Å². The topological polar surface area (TPSA) is 53.5 Å². The Morgan fingerprint density at radius 3 is 2.63 bits per heavy atom. The molecule has 1 unspecified atom stereocenters.